The fraction of sp³-hybridized carbons (Fsp3) is 0.286. The number of rotatable bonds is 8. The molecule has 0 spiro atoms. The molecule has 148 valence electrons. The molecule has 7 heteroatoms. The van der Waals surface area contributed by atoms with Crippen LogP contribution in [0.4, 0.5) is 4.39 Å². The second-order valence-electron chi connectivity index (χ2n) is 6.75. The molecule has 0 fully saturated rings. The van der Waals surface area contributed by atoms with Crippen LogP contribution in [0.5, 0.6) is 0 Å². The van der Waals surface area contributed by atoms with Gasteiger partial charge in [0.2, 0.25) is 5.91 Å². The predicted octanol–water partition coefficient (Wildman–Crippen LogP) is 2.64. The van der Waals surface area contributed by atoms with Crippen LogP contribution in [0.2, 0.25) is 0 Å². The maximum absolute atomic E-state index is 13.0. The normalized spacial score (nSPS) is 11.7. The minimum Gasteiger partial charge on any atom is -0.478 e. The molecule has 0 saturated carbocycles. The molecule has 0 bridgehead atoms. The summed E-state index contributed by atoms with van der Waals surface area (Å²) >= 11 is 0. The van der Waals surface area contributed by atoms with Crippen molar-refractivity contribution in [1.82, 2.24) is 10.6 Å². The fourth-order valence-electron chi connectivity index (χ4n) is 2.66. The highest BCUT2D eigenvalue weighted by atomic mass is 19.1. The van der Waals surface area contributed by atoms with Gasteiger partial charge in [0.1, 0.15) is 11.9 Å². The molecule has 0 saturated heterocycles. The van der Waals surface area contributed by atoms with Crippen LogP contribution >= 0.6 is 0 Å². The van der Waals surface area contributed by atoms with Crippen molar-refractivity contribution in [3.05, 3.63) is 71.0 Å². The van der Waals surface area contributed by atoms with E-state index in [2.05, 4.69) is 10.6 Å². The summed E-state index contributed by atoms with van der Waals surface area (Å²) in [5.74, 6) is -2.39. The lowest BCUT2D eigenvalue weighted by Crippen LogP contribution is -2.50. The quantitative estimate of drug-likeness (QED) is 0.650. The topological polar surface area (TPSA) is 95.5 Å². The molecule has 2 aromatic carbocycles. The molecule has 2 amide bonds. The molecule has 2 aromatic rings. The SMILES string of the molecule is CC(C)C(NC(=O)c1ccc(F)cc1)C(=O)NCCc1cccc(C(=O)O)c1. The van der Waals surface area contributed by atoms with Crippen molar-refractivity contribution < 1.29 is 23.9 Å². The van der Waals surface area contributed by atoms with Crippen molar-refractivity contribution in [2.45, 2.75) is 26.3 Å². The van der Waals surface area contributed by atoms with Gasteiger partial charge < -0.3 is 15.7 Å². The molecule has 2 rings (SSSR count). The molecule has 0 aliphatic rings. The van der Waals surface area contributed by atoms with Crippen molar-refractivity contribution in [1.29, 1.82) is 0 Å². The number of carbonyl (C=O) groups is 3. The van der Waals surface area contributed by atoms with Gasteiger partial charge in [-0.15, -0.1) is 0 Å². The summed E-state index contributed by atoms with van der Waals surface area (Å²) in [5.41, 5.74) is 1.25. The van der Waals surface area contributed by atoms with Gasteiger partial charge in [-0.2, -0.15) is 0 Å². The minimum atomic E-state index is -1.01. The summed E-state index contributed by atoms with van der Waals surface area (Å²) < 4.78 is 13.0. The maximum atomic E-state index is 13.0. The third-order valence-electron chi connectivity index (χ3n) is 4.23. The summed E-state index contributed by atoms with van der Waals surface area (Å²) in [6, 6.07) is 10.8. The van der Waals surface area contributed by atoms with Gasteiger partial charge in [0.25, 0.3) is 5.91 Å². The van der Waals surface area contributed by atoms with Crippen molar-refractivity contribution in [2.75, 3.05) is 6.54 Å². The Kier molecular flexibility index (Phi) is 7.26. The number of halogens is 1. The zero-order valence-corrected chi connectivity index (χ0v) is 15.7. The highest BCUT2D eigenvalue weighted by molar-refractivity contribution is 5.97. The third kappa shape index (κ3) is 5.90. The average Bonchev–Trinajstić information content (AvgIpc) is 2.66. The number of carbonyl (C=O) groups excluding carboxylic acids is 2. The predicted molar refractivity (Wildman–Crippen MR) is 103 cm³/mol. The van der Waals surface area contributed by atoms with E-state index in [0.29, 0.717) is 13.0 Å². The monoisotopic (exact) mass is 386 g/mol. The highest BCUT2D eigenvalue weighted by Gasteiger charge is 2.24. The van der Waals surface area contributed by atoms with Crippen LogP contribution in [0.15, 0.2) is 48.5 Å². The van der Waals surface area contributed by atoms with Gasteiger partial charge in [-0.3, -0.25) is 9.59 Å². The largest absolute Gasteiger partial charge is 0.478 e. The summed E-state index contributed by atoms with van der Waals surface area (Å²) in [6.07, 6.45) is 0.462. The zero-order chi connectivity index (χ0) is 20.7. The van der Waals surface area contributed by atoms with Crippen molar-refractivity contribution in [2.24, 2.45) is 5.92 Å². The van der Waals surface area contributed by atoms with Crippen molar-refractivity contribution in [3.8, 4) is 0 Å². The Balaban J connectivity index is 1.93. The first kappa shape index (κ1) is 21.1. The van der Waals surface area contributed by atoms with Crippen LogP contribution in [-0.4, -0.2) is 35.5 Å². The summed E-state index contributed by atoms with van der Waals surface area (Å²) in [6.45, 7) is 3.93. The Morgan fingerprint density at radius 1 is 1.04 bits per heavy atom. The lowest BCUT2D eigenvalue weighted by atomic mass is 10.0. The van der Waals surface area contributed by atoms with Crippen LogP contribution < -0.4 is 10.6 Å². The number of benzene rings is 2. The summed E-state index contributed by atoms with van der Waals surface area (Å²) in [5, 5.41) is 14.5. The van der Waals surface area contributed by atoms with E-state index in [4.69, 9.17) is 5.11 Å². The number of nitrogens with one attached hydrogen (secondary N) is 2. The van der Waals surface area contributed by atoms with Gasteiger partial charge >= 0.3 is 5.97 Å². The van der Waals surface area contributed by atoms with Crippen LogP contribution in [0, 0.1) is 11.7 Å². The summed E-state index contributed by atoms with van der Waals surface area (Å²) in [7, 11) is 0. The number of hydrogen-bond acceptors (Lipinski definition) is 3. The van der Waals surface area contributed by atoms with E-state index in [1.165, 1.54) is 30.3 Å². The number of hydrogen-bond donors (Lipinski definition) is 3. The van der Waals surface area contributed by atoms with Gasteiger partial charge in [0.05, 0.1) is 5.56 Å². The smallest absolute Gasteiger partial charge is 0.335 e. The Labute approximate surface area is 162 Å². The van der Waals surface area contributed by atoms with E-state index in [9.17, 15) is 18.8 Å². The molecule has 1 atom stereocenters. The Bertz CT molecular complexity index is 850. The zero-order valence-electron chi connectivity index (χ0n) is 15.7. The number of carboxylic acid groups (broad SMARTS) is 1. The van der Waals surface area contributed by atoms with E-state index >= 15 is 0 Å². The van der Waals surface area contributed by atoms with Gasteiger partial charge in [-0.25, -0.2) is 9.18 Å². The molecule has 0 radical (unpaired) electrons. The third-order valence-corrected chi connectivity index (χ3v) is 4.23. The van der Waals surface area contributed by atoms with Crippen LogP contribution in [0.1, 0.15) is 40.1 Å². The van der Waals surface area contributed by atoms with Crippen LogP contribution in [-0.2, 0) is 11.2 Å². The van der Waals surface area contributed by atoms with E-state index in [0.717, 1.165) is 5.56 Å². The number of aromatic carboxylic acids is 1. The molecule has 0 heterocycles. The molecule has 0 aliphatic carbocycles. The van der Waals surface area contributed by atoms with E-state index < -0.39 is 23.7 Å². The van der Waals surface area contributed by atoms with Crippen molar-refractivity contribution >= 4 is 17.8 Å². The summed E-state index contributed by atoms with van der Waals surface area (Å²) in [4.78, 5) is 35.8. The van der Waals surface area contributed by atoms with Gasteiger partial charge in [-0.05, 0) is 54.3 Å². The molecule has 6 nitrogen and oxygen atoms in total. The first-order valence-electron chi connectivity index (χ1n) is 8.94. The van der Waals surface area contributed by atoms with E-state index in [-0.39, 0.29) is 23.0 Å². The first-order chi connectivity index (χ1) is 13.3. The second kappa shape index (κ2) is 9.64. The average molecular weight is 386 g/mol. The fourth-order valence-corrected chi connectivity index (χ4v) is 2.66. The molecular weight excluding hydrogens is 363 g/mol. The first-order valence-corrected chi connectivity index (χ1v) is 8.94. The highest BCUT2D eigenvalue weighted by Crippen LogP contribution is 2.08. The lowest BCUT2D eigenvalue weighted by Gasteiger charge is -2.22. The molecule has 0 aromatic heterocycles. The minimum absolute atomic E-state index is 0.153. The van der Waals surface area contributed by atoms with Crippen LogP contribution in [0.3, 0.4) is 0 Å². The van der Waals surface area contributed by atoms with E-state index in [1.807, 2.05) is 13.8 Å². The van der Waals surface area contributed by atoms with Crippen molar-refractivity contribution in [3.63, 3.8) is 0 Å². The Morgan fingerprint density at radius 2 is 1.71 bits per heavy atom. The Hall–Kier alpha value is -3.22. The molecule has 0 aliphatic heterocycles. The number of carboxylic acids is 1. The van der Waals surface area contributed by atoms with Crippen LogP contribution in [0.25, 0.3) is 0 Å². The molecule has 1 unspecified atom stereocenters. The molecule has 3 N–H and O–H groups in total. The maximum Gasteiger partial charge on any atom is 0.335 e. The Morgan fingerprint density at radius 3 is 2.32 bits per heavy atom. The van der Waals surface area contributed by atoms with Gasteiger partial charge in [0.15, 0.2) is 0 Å². The second-order valence-corrected chi connectivity index (χ2v) is 6.75. The van der Waals surface area contributed by atoms with Gasteiger partial charge in [0, 0.05) is 12.1 Å². The van der Waals surface area contributed by atoms with E-state index in [1.54, 1.807) is 18.2 Å². The van der Waals surface area contributed by atoms with Gasteiger partial charge in [-0.1, -0.05) is 26.0 Å². The standard InChI is InChI=1S/C21H23FN2O4/c1-13(2)18(24-19(25)15-6-8-17(22)9-7-15)20(26)23-11-10-14-4-3-5-16(12-14)21(27)28/h3-9,12-13,18H,10-11H2,1-2H3,(H,23,26)(H,24,25)(H,27,28). The number of amides is 2. The molecule has 28 heavy (non-hydrogen) atoms. The molecular formula is C21H23FN2O4. The lowest BCUT2D eigenvalue weighted by molar-refractivity contribution is -0.123.